The number of methoxy groups -OCH3 is 1. The van der Waals surface area contributed by atoms with Gasteiger partial charge >= 0.3 is 6.18 Å². The van der Waals surface area contributed by atoms with Crippen molar-refractivity contribution in [3.63, 3.8) is 0 Å². The van der Waals surface area contributed by atoms with Crippen LogP contribution in [0.5, 0.6) is 11.5 Å². The first-order chi connectivity index (χ1) is 14.6. The van der Waals surface area contributed by atoms with Crippen molar-refractivity contribution in [2.75, 3.05) is 20.3 Å². The second kappa shape index (κ2) is 10.8. The van der Waals surface area contributed by atoms with Gasteiger partial charge in [0, 0.05) is 18.5 Å². The van der Waals surface area contributed by atoms with Crippen molar-refractivity contribution < 1.29 is 37.3 Å². The van der Waals surface area contributed by atoms with Crippen LogP contribution >= 0.6 is 0 Å². The number of carbonyl (C=O) groups excluding carboxylic acids is 2. The molecule has 2 rings (SSSR count). The minimum absolute atomic E-state index is 0.0570. The topological polar surface area (TPSA) is 84.9 Å². The zero-order chi connectivity index (χ0) is 23.0. The Kier molecular flexibility index (Phi) is 8.44. The van der Waals surface area contributed by atoms with Crippen LogP contribution < -0.4 is 14.8 Å². The van der Waals surface area contributed by atoms with Crippen LogP contribution in [0.2, 0.25) is 0 Å². The normalized spacial score (nSPS) is 12.2. The molecule has 0 saturated heterocycles. The Labute approximate surface area is 178 Å². The molecule has 168 valence electrons. The first-order valence-corrected chi connectivity index (χ1v) is 9.56. The van der Waals surface area contributed by atoms with Gasteiger partial charge in [0.25, 0.3) is 0 Å². The minimum Gasteiger partial charge on any atom is -0.493 e. The number of ketones is 1. The Hall–Kier alpha value is -3.07. The highest BCUT2D eigenvalue weighted by Crippen LogP contribution is 2.34. The molecule has 2 aromatic rings. The van der Waals surface area contributed by atoms with E-state index in [1.807, 2.05) is 0 Å². The van der Waals surface area contributed by atoms with Crippen LogP contribution in [0, 0.1) is 0 Å². The van der Waals surface area contributed by atoms with Crippen molar-refractivity contribution in [2.45, 2.75) is 32.0 Å². The van der Waals surface area contributed by atoms with E-state index in [1.54, 1.807) is 18.2 Å². The highest BCUT2D eigenvalue weighted by molar-refractivity contribution is 5.94. The molecule has 2 aromatic carbocycles. The molecule has 0 fully saturated rings. The molecule has 31 heavy (non-hydrogen) atoms. The fourth-order valence-corrected chi connectivity index (χ4v) is 2.88. The highest BCUT2D eigenvalue weighted by Gasteiger charge is 2.34. The summed E-state index contributed by atoms with van der Waals surface area (Å²) in [5.41, 5.74) is -0.746. The van der Waals surface area contributed by atoms with Crippen LogP contribution in [0.15, 0.2) is 42.5 Å². The predicted molar refractivity (Wildman–Crippen MR) is 107 cm³/mol. The van der Waals surface area contributed by atoms with Gasteiger partial charge in [-0.3, -0.25) is 9.59 Å². The third kappa shape index (κ3) is 6.99. The molecule has 9 heteroatoms. The van der Waals surface area contributed by atoms with Gasteiger partial charge in [-0.15, -0.1) is 0 Å². The summed E-state index contributed by atoms with van der Waals surface area (Å²) in [7, 11) is 1.45. The Morgan fingerprint density at radius 3 is 2.48 bits per heavy atom. The van der Waals surface area contributed by atoms with Crippen molar-refractivity contribution >= 4 is 11.7 Å². The molecule has 0 bridgehead atoms. The van der Waals surface area contributed by atoms with Gasteiger partial charge in [0.1, 0.15) is 0 Å². The van der Waals surface area contributed by atoms with Crippen LogP contribution in [0.1, 0.15) is 47.4 Å². The van der Waals surface area contributed by atoms with Gasteiger partial charge in [-0.05, 0) is 43.2 Å². The molecule has 0 radical (unpaired) electrons. The van der Waals surface area contributed by atoms with Crippen molar-refractivity contribution in [1.29, 1.82) is 0 Å². The van der Waals surface area contributed by atoms with Crippen LogP contribution in [0.3, 0.4) is 0 Å². The molecule has 1 atom stereocenters. The van der Waals surface area contributed by atoms with Gasteiger partial charge in [0.2, 0.25) is 5.91 Å². The zero-order valence-corrected chi connectivity index (χ0v) is 17.2. The first-order valence-electron chi connectivity index (χ1n) is 9.56. The zero-order valence-electron chi connectivity index (χ0n) is 17.2. The summed E-state index contributed by atoms with van der Waals surface area (Å²) in [4.78, 5) is 23.4. The number of benzene rings is 2. The maximum absolute atomic E-state index is 13.0. The van der Waals surface area contributed by atoms with E-state index in [0.717, 1.165) is 6.07 Å². The van der Waals surface area contributed by atoms with Crippen molar-refractivity contribution in [1.82, 2.24) is 5.32 Å². The van der Waals surface area contributed by atoms with Gasteiger partial charge in [-0.25, -0.2) is 0 Å². The van der Waals surface area contributed by atoms with E-state index in [2.05, 4.69) is 5.32 Å². The summed E-state index contributed by atoms with van der Waals surface area (Å²) >= 11 is 0. The third-order valence-electron chi connectivity index (χ3n) is 4.49. The lowest BCUT2D eigenvalue weighted by atomic mass is 10.0. The number of ether oxygens (including phenoxy) is 2. The lowest BCUT2D eigenvalue weighted by Gasteiger charge is -2.18. The Balaban J connectivity index is 1.80. The van der Waals surface area contributed by atoms with E-state index in [4.69, 9.17) is 9.47 Å². The lowest BCUT2D eigenvalue weighted by molar-refractivity contribution is -0.139. The fourth-order valence-electron chi connectivity index (χ4n) is 2.88. The van der Waals surface area contributed by atoms with Crippen LogP contribution in [-0.4, -0.2) is 37.1 Å². The summed E-state index contributed by atoms with van der Waals surface area (Å²) in [5.74, 6) is 0.281. The molecule has 0 aliphatic rings. The van der Waals surface area contributed by atoms with Gasteiger partial charge in [-0.2, -0.15) is 13.2 Å². The summed E-state index contributed by atoms with van der Waals surface area (Å²) in [6, 6.07) is 9.46. The number of aliphatic hydroxyl groups is 1. The molecule has 0 heterocycles. The van der Waals surface area contributed by atoms with Gasteiger partial charge in [0.15, 0.2) is 17.3 Å². The van der Waals surface area contributed by atoms with Gasteiger partial charge in [0.05, 0.1) is 25.4 Å². The standard InChI is InChI=1S/C22H24F3NO5/c1-14(27)15-9-10-19(20(12-15)30-2)31-11-5-8-21(29)26-13-18(28)16-6-3-4-7-17(16)22(23,24)25/h3-4,6-7,9-10,12,18,28H,5,8,11,13H2,1-2H3,(H,26,29). The number of alkyl halides is 3. The Morgan fingerprint density at radius 1 is 1.13 bits per heavy atom. The highest BCUT2D eigenvalue weighted by atomic mass is 19.4. The number of nitrogens with one attached hydrogen (secondary N) is 1. The van der Waals surface area contributed by atoms with Crippen LogP contribution in [0.25, 0.3) is 0 Å². The Bertz CT molecular complexity index is 914. The molecular weight excluding hydrogens is 415 g/mol. The molecule has 0 saturated carbocycles. The SMILES string of the molecule is COc1cc(C(C)=O)ccc1OCCCC(=O)NCC(O)c1ccccc1C(F)(F)F. The second-order valence-corrected chi connectivity index (χ2v) is 6.78. The largest absolute Gasteiger partial charge is 0.493 e. The van der Waals surface area contributed by atoms with E-state index in [1.165, 1.54) is 32.2 Å². The quantitative estimate of drug-likeness (QED) is 0.433. The second-order valence-electron chi connectivity index (χ2n) is 6.78. The average Bonchev–Trinajstić information content (AvgIpc) is 2.74. The number of amides is 1. The maximum Gasteiger partial charge on any atom is 0.416 e. The minimum atomic E-state index is -4.59. The summed E-state index contributed by atoms with van der Waals surface area (Å²) in [6.45, 7) is 1.28. The Morgan fingerprint density at radius 2 is 1.84 bits per heavy atom. The molecular formula is C22H24F3NO5. The molecule has 0 aliphatic heterocycles. The number of halogens is 3. The van der Waals surface area contributed by atoms with Crippen molar-refractivity contribution in [3.05, 3.63) is 59.2 Å². The number of rotatable bonds is 10. The molecule has 0 aromatic heterocycles. The molecule has 1 amide bonds. The monoisotopic (exact) mass is 439 g/mol. The van der Waals surface area contributed by atoms with Crippen molar-refractivity contribution in [2.24, 2.45) is 0 Å². The number of hydrogen-bond donors (Lipinski definition) is 2. The van der Waals surface area contributed by atoms with E-state index >= 15 is 0 Å². The molecule has 0 aliphatic carbocycles. The van der Waals surface area contributed by atoms with E-state index in [9.17, 15) is 27.9 Å². The maximum atomic E-state index is 13.0. The first kappa shape index (κ1) is 24.2. The van der Waals surface area contributed by atoms with Crippen molar-refractivity contribution in [3.8, 4) is 11.5 Å². The summed E-state index contributed by atoms with van der Waals surface area (Å²) in [6.07, 6.45) is -5.69. The van der Waals surface area contributed by atoms with E-state index < -0.39 is 23.8 Å². The van der Waals surface area contributed by atoms with Crippen LogP contribution in [0.4, 0.5) is 13.2 Å². The number of aliphatic hydroxyl groups excluding tert-OH is 1. The number of Topliss-reactive ketones (excluding diaryl/α,β-unsaturated/α-hetero) is 1. The third-order valence-corrected chi connectivity index (χ3v) is 4.49. The average molecular weight is 439 g/mol. The summed E-state index contributed by atoms with van der Waals surface area (Å²) < 4.78 is 49.9. The summed E-state index contributed by atoms with van der Waals surface area (Å²) in [5, 5.41) is 12.5. The fraction of sp³-hybridized carbons (Fsp3) is 0.364. The smallest absolute Gasteiger partial charge is 0.416 e. The van der Waals surface area contributed by atoms with Gasteiger partial charge in [-0.1, -0.05) is 18.2 Å². The molecule has 2 N–H and O–H groups in total. The molecule has 6 nitrogen and oxygen atoms in total. The van der Waals surface area contributed by atoms with Gasteiger partial charge < -0.3 is 19.9 Å². The molecule has 0 spiro atoms. The predicted octanol–water partition coefficient (Wildman–Crippen LogP) is 3.93. The van der Waals surface area contributed by atoms with Crippen LogP contribution in [-0.2, 0) is 11.0 Å². The number of hydrogen-bond acceptors (Lipinski definition) is 5. The molecule has 1 unspecified atom stereocenters. The van der Waals surface area contributed by atoms with E-state index in [-0.39, 0.29) is 30.9 Å². The van der Waals surface area contributed by atoms with E-state index in [0.29, 0.717) is 23.5 Å². The lowest BCUT2D eigenvalue weighted by Crippen LogP contribution is -2.29. The number of carbonyl (C=O) groups is 2.